The highest BCUT2D eigenvalue weighted by Crippen LogP contribution is 2.34. The van der Waals surface area contributed by atoms with Crippen molar-refractivity contribution in [2.24, 2.45) is 0 Å². The quantitative estimate of drug-likeness (QED) is 0.838. The fourth-order valence-electron chi connectivity index (χ4n) is 2.11. The Labute approximate surface area is 124 Å². The van der Waals surface area contributed by atoms with E-state index in [-0.39, 0.29) is 12.6 Å². The van der Waals surface area contributed by atoms with Crippen LogP contribution in [0.4, 0.5) is 18.9 Å². The molecular formula is C14H15F3N2O3. The van der Waals surface area contributed by atoms with E-state index in [1.807, 2.05) is 5.32 Å². The second-order valence-electron chi connectivity index (χ2n) is 4.84. The van der Waals surface area contributed by atoms with Crippen molar-refractivity contribution in [3.05, 3.63) is 29.8 Å². The van der Waals surface area contributed by atoms with Crippen molar-refractivity contribution in [3.8, 4) is 0 Å². The molecule has 1 aliphatic rings. The number of halogens is 3. The molecule has 0 saturated carbocycles. The van der Waals surface area contributed by atoms with Crippen molar-refractivity contribution in [2.45, 2.75) is 25.1 Å². The van der Waals surface area contributed by atoms with E-state index < -0.39 is 29.2 Å². The smallest absolute Gasteiger partial charge is 0.376 e. The molecule has 2 amide bonds. The van der Waals surface area contributed by atoms with Crippen molar-refractivity contribution in [3.63, 3.8) is 0 Å². The lowest BCUT2D eigenvalue weighted by molar-refractivity contribution is -0.138. The van der Waals surface area contributed by atoms with Gasteiger partial charge in [-0.2, -0.15) is 13.2 Å². The van der Waals surface area contributed by atoms with Crippen LogP contribution in [0.1, 0.15) is 18.4 Å². The van der Waals surface area contributed by atoms with Crippen LogP contribution in [0.5, 0.6) is 0 Å². The molecule has 0 bridgehead atoms. The van der Waals surface area contributed by atoms with Gasteiger partial charge in [0, 0.05) is 13.2 Å². The minimum absolute atomic E-state index is 0.154. The van der Waals surface area contributed by atoms with Crippen molar-refractivity contribution >= 4 is 17.5 Å². The van der Waals surface area contributed by atoms with Crippen LogP contribution in [0.2, 0.25) is 0 Å². The third-order valence-electron chi connectivity index (χ3n) is 3.20. The van der Waals surface area contributed by atoms with E-state index in [9.17, 15) is 22.8 Å². The fraction of sp³-hybridized carbons (Fsp3) is 0.429. The summed E-state index contributed by atoms with van der Waals surface area (Å²) in [5.74, 6) is -2.14. The van der Waals surface area contributed by atoms with Gasteiger partial charge in [-0.05, 0) is 25.0 Å². The summed E-state index contributed by atoms with van der Waals surface area (Å²) < 4.78 is 43.6. The Balaban J connectivity index is 1.95. The molecule has 0 unspecified atom stereocenters. The summed E-state index contributed by atoms with van der Waals surface area (Å²) in [6, 6.07) is 4.47. The number of anilines is 1. The number of carbonyl (C=O) groups is 2. The molecule has 1 atom stereocenters. The van der Waals surface area contributed by atoms with E-state index in [2.05, 4.69) is 5.32 Å². The number of amides is 2. The Hall–Kier alpha value is -2.09. The number of hydrogen-bond acceptors (Lipinski definition) is 3. The van der Waals surface area contributed by atoms with Crippen LogP contribution in [0.3, 0.4) is 0 Å². The average Bonchev–Trinajstić information content (AvgIpc) is 2.97. The summed E-state index contributed by atoms with van der Waals surface area (Å²) in [5, 5.41) is 4.33. The lowest BCUT2D eigenvalue weighted by atomic mass is 10.1. The van der Waals surface area contributed by atoms with Crippen molar-refractivity contribution < 1.29 is 27.5 Å². The molecule has 2 N–H and O–H groups in total. The van der Waals surface area contributed by atoms with E-state index in [4.69, 9.17) is 4.74 Å². The summed E-state index contributed by atoms with van der Waals surface area (Å²) in [4.78, 5) is 23.3. The fourth-order valence-corrected chi connectivity index (χ4v) is 2.11. The van der Waals surface area contributed by atoms with Gasteiger partial charge in [-0.25, -0.2) is 0 Å². The Morgan fingerprint density at radius 3 is 2.59 bits per heavy atom. The molecule has 0 aliphatic carbocycles. The molecule has 1 heterocycles. The van der Waals surface area contributed by atoms with E-state index in [0.29, 0.717) is 6.61 Å². The topological polar surface area (TPSA) is 67.4 Å². The highest BCUT2D eigenvalue weighted by Gasteiger charge is 2.34. The molecule has 8 heteroatoms. The highest BCUT2D eigenvalue weighted by molar-refractivity contribution is 6.39. The van der Waals surface area contributed by atoms with E-state index in [0.717, 1.165) is 25.0 Å². The van der Waals surface area contributed by atoms with Gasteiger partial charge in [0.05, 0.1) is 17.4 Å². The Morgan fingerprint density at radius 1 is 1.23 bits per heavy atom. The van der Waals surface area contributed by atoms with Crippen LogP contribution in [-0.4, -0.2) is 31.1 Å². The van der Waals surface area contributed by atoms with E-state index in [1.54, 1.807) is 0 Å². The first-order valence-corrected chi connectivity index (χ1v) is 6.75. The Kier molecular flexibility index (Phi) is 5.02. The maximum Gasteiger partial charge on any atom is 0.418 e. The molecule has 2 rings (SSSR count). The zero-order valence-corrected chi connectivity index (χ0v) is 11.6. The molecule has 1 aromatic carbocycles. The number of alkyl halides is 3. The van der Waals surface area contributed by atoms with Gasteiger partial charge in [0.1, 0.15) is 0 Å². The van der Waals surface area contributed by atoms with Crippen LogP contribution in [0.15, 0.2) is 24.3 Å². The third kappa shape index (κ3) is 4.20. The van der Waals surface area contributed by atoms with Gasteiger partial charge in [-0.3, -0.25) is 9.59 Å². The molecule has 120 valence electrons. The molecule has 1 fully saturated rings. The van der Waals surface area contributed by atoms with Crippen LogP contribution < -0.4 is 10.6 Å². The normalized spacial score (nSPS) is 18.0. The van der Waals surface area contributed by atoms with Gasteiger partial charge in [0.25, 0.3) is 0 Å². The first kappa shape index (κ1) is 16.3. The molecule has 0 spiro atoms. The summed E-state index contributed by atoms with van der Waals surface area (Å²) in [6.45, 7) is 0.763. The largest absolute Gasteiger partial charge is 0.418 e. The minimum atomic E-state index is -4.61. The first-order chi connectivity index (χ1) is 10.4. The zero-order chi connectivity index (χ0) is 16.2. The number of carbonyl (C=O) groups excluding carboxylic acids is 2. The number of para-hydroxylation sites is 1. The summed E-state index contributed by atoms with van der Waals surface area (Å²) in [7, 11) is 0. The van der Waals surface area contributed by atoms with Gasteiger partial charge in [0.2, 0.25) is 0 Å². The first-order valence-electron chi connectivity index (χ1n) is 6.75. The van der Waals surface area contributed by atoms with Crippen LogP contribution >= 0.6 is 0 Å². The SMILES string of the molecule is O=C(NC[C@@H]1CCCO1)C(=O)Nc1ccccc1C(F)(F)F. The Morgan fingerprint density at radius 2 is 1.95 bits per heavy atom. The number of nitrogens with one attached hydrogen (secondary N) is 2. The molecule has 0 aromatic heterocycles. The molecule has 1 saturated heterocycles. The summed E-state index contributed by atoms with van der Waals surface area (Å²) in [6.07, 6.45) is -3.11. The molecule has 1 aromatic rings. The minimum Gasteiger partial charge on any atom is -0.376 e. The predicted octanol–water partition coefficient (Wildman–Crippen LogP) is 1.94. The lowest BCUT2D eigenvalue weighted by Crippen LogP contribution is -2.39. The lowest BCUT2D eigenvalue weighted by Gasteiger charge is -2.14. The summed E-state index contributed by atoms with van der Waals surface area (Å²) >= 11 is 0. The molecule has 22 heavy (non-hydrogen) atoms. The zero-order valence-electron chi connectivity index (χ0n) is 11.6. The van der Waals surface area contributed by atoms with Gasteiger partial charge >= 0.3 is 18.0 Å². The van der Waals surface area contributed by atoms with Gasteiger partial charge in [-0.15, -0.1) is 0 Å². The molecule has 5 nitrogen and oxygen atoms in total. The Bertz CT molecular complexity index is 555. The van der Waals surface area contributed by atoms with Gasteiger partial charge in [-0.1, -0.05) is 12.1 Å². The van der Waals surface area contributed by atoms with E-state index >= 15 is 0 Å². The van der Waals surface area contributed by atoms with Crippen molar-refractivity contribution in [1.29, 1.82) is 0 Å². The van der Waals surface area contributed by atoms with Crippen molar-refractivity contribution in [1.82, 2.24) is 5.32 Å². The number of benzene rings is 1. The van der Waals surface area contributed by atoms with Crippen molar-refractivity contribution in [2.75, 3.05) is 18.5 Å². The number of hydrogen-bond donors (Lipinski definition) is 2. The van der Waals surface area contributed by atoms with Crippen LogP contribution in [-0.2, 0) is 20.5 Å². The maximum absolute atomic E-state index is 12.8. The van der Waals surface area contributed by atoms with Gasteiger partial charge in [0.15, 0.2) is 0 Å². The maximum atomic E-state index is 12.8. The molecule has 0 radical (unpaired) electrons. The standard InChI is InChI=1S/C14H15F3N2O3/c15-14(16,17)10-5-1-2-6-11(10)19-13(21)12(20)18-8-9-4-3-7-22-9/h1-2,5-6,9H,3-4,7-8H2,(H,18,20)(H,19,21)/t9-/m0/s1. The van der Waals surface area contributed by atoms with Crippen LogP contribution in [0.25, 0.3) is 0 Å². The number of rotatable bonds is 3. The second kappa shape index (κ2) is 6.78. The number of ether oxygens (including phenoxy) is 1. The predicted molar refractivity (Wildman–Crippen MR) is 72.1 cm³/mol. The molecular weight excluding hydrogens is 301 g/mol. The average molecular weight is 316 g/mol. The summed E-state index contributed by atoms with van der Waals surface area (Å²) in [5.41, 5.74) is -1.46. The third-order valence-corrected chi connectivity index (χ3v) is 3.20. The second-order valence-corrected chi connectivity index (χ2v) is 4.84. The van der Waals surface area contributed by atoms with Gasteiger partial charge < -0.3 is 15.4 Å². The monoisotopic (exact) mass is 316 g/mol. The van der Waals surface area contributed by atoms with Crippen LogP contribution in [0, 0.1) is 0 Å². The van der Waals surface area contributed by atoms with E-state index in [1.165, 1.54) is 12.1 Å². The highest BCUT2D eigenvalue weighted by atomic mass is 19.4. The molecule has 1 aliphatic heterocycles.